The quantitative estimate of drug-likeness (QED) is 0.632. The van der Waals surface area contributed by atoms with Crippen molar-refractivity contribution in [3.8, 4) is 11.5 Å². The number of fused-ring (bicyclic) bond motifs is 1. The number of para-hydroxylation sites is 1. The molecule has 3 N–H and O–H groups in total. The van der Waals surface area contributed by atoms with E-state index in [1.165, 1.54) is 30.3 Å². The fourth-order valence-corrected chi connectivity index (χ4v) is 2.87. The van der Waals surface area contributed by atoms with Crippen molar-refractivity contribution in [1.82, 2.24) is 10.9 Å². The van der Waals surface area contributed by atoms with Crippen LogP contribution in [-0.4, -0.2) is 36.0 Å². The number of carbonyl (C=O) groups excluding carboxylic acids is 3. The Bertz CT molecular complexity index is 909. The number of hydrazine groups is 1. The maximum atomic E-state index is 13.4. The number of amides is 3. The summed E-state index contributed by atoms with van der Waals surface area (Å²) in [6.45, 7) is 0.0961. The summed E-state index contributed by atoms with van der Waals surface area (Å²) >= 11 is 1.02. The molecule has 0 aliphatic carbocycles. The van der Waals surface area contributed by atoms with Crippen molar-refractivity contribution < 1.29 is 28.2 Å². The van der Waals surface area contributed by atoms with Crippen LogP contribution in [0.4, 0.5) is 10.1 Å². The summed E-state index contributed by atoms with van der Waals surface area (Å²) in [7, 11) is 0. The Morgan fingerprint density at radius 3 is 2.54 bits per heavy atom. The van der Waals surface area contributed by atoms with Gasteiger partial charge in [0.15, 0.2) is 11.5 Å². The Balaban J connectivity index is 1.37. The summed E-state index contributed by atoms with van der Waals surface area (Å²) in [5, 5.41) is 2.42. The second-order valence-electron chi connectivity index (χ2n) is 5.59. The van der Waals surface area contributed by atoms with E-state index < -0.39 is 23.5 Å². The molecule has 1 heterocycles. The second-order valence-corrected chi connectivity index (χ2v) is 6.58. The predicted molar refractivity (Wildman–Crippen MR) is 101 cm³/mol. The number of carbonyl (C=O) groups is 3. The molecular weight excluding hydrogens is 389 g/mol. The zero-order valence-electron chi connectivity index (χ0n) is 14.5. The maximum absolute atomic E-state index is 13.4. The second kappa shape index (κ2) is 9.09. The van der Waals surface area contributed by atoms with Crippen molar-refractivity contribution in [3.05, 3.63) is 53.8 Å². The fraction of sp³-hybridized carbons (Fsp3) is 0.167. The Hall–Kier alpha value is -3.27. The van der Waals surface area contributed by atoms with E-state index >= 15 is 0 Å². The van der Waals surface area contributed by atoms with Crippen LogP contribution >= 0.6 is 11.8 Å². The van der Waals surface area contributed by atoms with Gasteiger partial charge in [0.1, 0.15) is 5.82 Å². The molecule has 0 atom stereocenters. The lowest BCUT2D eigenvalue weighted by Crippen LogP contribution is -2.42. The molecular formula is C18H16FN3O5S. The number of anilines is 1. The third-order valence-electron chi connectivity index (χ3n) is 3.56. The molecule has 3 amide bonds. The fourth-order valence-electron chi connectivity index (χ4n) is 2.26. The van der Waals surface area contributed by atoms with Crippen molar-refractivity contribution >= 4 is 35.2 Å². The standard InChI is InChI=1S/C18H16FN3O5S/c19-12-3-1-2-4-13(12)20-16(23)8-28-9-17(24)21-22-18(25)11-5-6-14-15(7-11)27-10-26-14/h1-7H,8-10H2,(H,20,23)(H,21,24)(H,22,25). The molecule has 0 bridgehead atoms. The normalized spacial score (nSPS) is 11.6. The van der Waals surface area contributed by atoms with Gasteiger partial charge in [0.2, 0.25) is 18.6 Å². The van der Waals surface area contributed by atoms with Crippen molar-refractivity contribution in [3.63, 3.8) is 0 Å². The molecule has 0 fully saturated rings. The molecule has 0 radical (unpaired) electrons. The van der Waals surface area contributed by atoms with Gasteiger partial charge in [-0.15, -0.1) is 11.8 Å². The molecule has 2 aromatic rings. The first kappa shape index (κ1) is 19.5. The SMILES string of the molecule is O=C(CSCC(=O)Nc1ccccc1F)NNC(=O)c1ccc2c(c1)OCO2. The van der Waals surface area contributed by atoms with Gasteiger partial charge in [-0.25, -0.2) is 4.39 Å². The molecule has 8 nitrogen and oxygen atoms in total. The number of halogens is 1. The zero-order valence-corrected chi connectivity index (χ0v) is 15.3. The van der Waals surface area contributed by atoms with Crippen LogP contribution in [-0.2, 0) is 9.59 Å². The molecule has 10 heteroatoms. The zero-order chi connectivity index (χ0) is 19.9. The van der Waals surface area contributed by atoms with Gasteiger partial charge in [-0.2, -0.15) is 0 Å². The number of hydrogen-bond acceptors (Lipinski definition) is 6. The van der Waals surface area contributed by atoms with Crippen LogP contribution in [0.3, 0.4) is 0 Å². The first-order chi connectivity index (χ1) is 13.5. The number of benzene rings is 2. The van der Waals surface area contributed by atoms with Gasteiger partial charge in [0.05, 0.1) is 17.2 Å². The summed E-state index contributed by atoms with van der Waals surface area (Å²) in [4.78, 5) is 35.6. The average molecular weight is 405 g/mol. The van der Waals surface area contributed by atoms with Crippen LogP contribution in [0.5, 0.6) is 11.5 Å². The minimum Gasteiger partial charge on any atom is -0.454 e. The minimum atomic E-state index is -0.537. The van der Waals surface area contributed by atoms with Crippen molar-refractivity contribution in [2.24, 2.45) is 0 Å². The van der Waals surface area contributed by atoms with E-state index in [1.807, 2.05) is 0 Å². The van der Waals surface area contributed by atoms with E-state index in [1.54, 1.807) is 12.1 Å². The lowest BCUT2D eigenvalue weighted by molar-refractivity contribution is -0.119. The average Bonchev–Trinajstić information content (AvgIpc) is 3.15. The van der Waals surface area contributed by atoms with Gasteiger partial charge in [0.25, 0.3) is 5.91 Å². The monoisotopic (exact) mass is 405 g/mol. The lowest BCUT2D eigenvalue weighted by atomic mass is 10.2. The molecule has 2 aromatic carbocycles. The van der Waals surface area contributed by atoms with Gasteiger partial charge in [-0.05, 0) is 30.3 Å². The number of nitrogens with one attached hydrogen (secondary N) is 3. The van der Waals surface area contributed by atoms with E-state index in [0.29, 0.717) is 17.1 Å². The molecule has 0 saturated heterocycles. The van der Waals surface area contributed by atoms with Crippen LogP contribution in [0.25, 0.3) is 0 Å². The highest BCUT2D eigenvalue weighted by molar-refractivity contribution is 8.00. The van der Waals surface area contributed by atoms with E-state index in [9.17, 15) is 18.8 Å². The van der Waals surface area contributed by atoms with Crippen LogP contribution in [0.15, 0.2) is 42.5 Å². The molecule has 0 saturated carbocycles. The topological polar surface area (TPSA) is 106 Å². The summed E-state index contributed by atoms with van der Waals surface area (Å²) in [6, 6.07) is 10.4. The van der Waals surface area contributed by atoms with Gasteiger partial charge in [-0.3, -0.25) is 25.2 Å². The van der Waals surface area contributed by atoms with E-state index in [2.05, 4.69) is 16.2 Å². The van der Waals surface area contributed by atoms with Crippen LogP contribution in [0, 0.1) is 5.82 Å². The van der Waals surface area contributed by atoms with E-state index in [0.717, 1.165) is 11.8 Å². The molecule has 0 unspecified atom stereocenters. The van der Waals surface area contributed by atoms with Crippen molar-refractivity contribution in [2.45, 2.75) is 0 Å². The molecule has 3 rings (SSSR count). The largest absolute Gasteiger partial charge is 0.454 e. The van der Waals surface area contributed by atoms with Gasteiger partial charge >= 0.3 is 0 Å². The number of rotatable bonds is 6. The van der Waals surface area contributed by atoms with Crippen LogP contribution < -0.4 is 25.6 Å². The molecule has 1 aliphatic heterocycles. The van der Waals surface area contributed by atoms with Gasteiger partial charge < -0.3 is 14.8 Å². The Morgan fingerprint density at radius 1 is 0.964 bits per heavy atom. The third kappa shape index (κ3) is 5.13. The Morgan fingerprint density at radius 2 is 1.71 bits per heavy atom. The number of ether oxygens (including phenoxy) is 2. The minimum absolute atomic E-state index is 0.0438. The summed E-state index contributed by atoms with van der Waals surface area (Å²) in [5.74, 6) is -1.09. The molecule has 1 aliphatic rings. The summed E-state index contributed by atoms with van der Waals surface area (Å²) in [6.07, 6.45) is 0. The Kier molecular flexibility index (Phi) is 6.33. The molecule has 0 aromatic heterocycles. The number of hydrogen-bond donors (Lipinski definition) is 3. The Labute approximate surface area is 163 Å². The summed E-state index contributed by atoms with van der Waals surface area (Å²) in [5.41, 5.74) is 4.91. The lowest BCUT2D eigenvalue weighted by Gasteiger charge is -2.08. The first-order valence-corrected chi connectivity index (χ1v) is 9.29. The highest BCUT2D eigenvalue weighted by atomic mass is 32.2. The van der Waals surface area contributed by atoms with Crippen LogP contribution in [0.1, 0.15) is 10.4 Å². The van der Waals surface area contributed by atoms with Gasteiger partial charge in [0, 0.05) is 5.56 Å². The predicted octanol–water partition coefficient (Wildman–Crippen LogP) is 1.69. The molecule has 28 heavy (non-hydrogen) atoms. The smallest absolute Gasteiger partial charge is 0.269 e. The van der Waals surface area contributed by atoms with E-state index in [4.69, 9.17) is 9.47 Å². The highest BCUT2D eigenvalue weighted by Crippen LogP contribution is 2.32. The molecule has 0 spiro atoms. The van der Waals surface area contributed by atoms with Crippen LogP contribution in [0.2, 0.25) is 0 Å². The third-order valence-corrected chi connectivity index (χ3v) is 4.50. The number of thioether (sulfide) groups is 1. The maximum Gasteiger partial charge on any atom is 0.269 e. The first-order valence-electron chi connectivity index (χ1n) is 8.14. The van der Waals surface area contributed by atoms with Crippen molar-refractivity contribution in [1.29, 1.82) is 0 Å². The van der Waals surface area contributed by atoms with Crippen molar-refractivity contribution in [2.75, 3.05) is 23.6 Å². The highest BCUT2D eigenvalue weighted by Gasteiger charge is 2.16. The van der Waals surface area contributed by atoms with E-state index in [-0.39, 0.29) is 24.0 Å². The van der Waals surface area contributed by atoms with Gasteiger partial charge in [-0.1, -0.05) is 12.1 Å². The molecule has 146 valence electrons. The summed E-state index contributed by atoms with van der Waals surface area (Å²) < 4.78 is 23.8.